The first-order valence-electron chi connectivity index (χ1n) is 5.11. The summed E-state index contributed by atoms with van der Waals surface area (Å²) in [6, 6.07) is 3.63. The van der Waals surface area contributed by atoms with Gasteiger partial charge in [-0.2, -0.15) is 0 Å². The summed E-state index contributed by atoms with van der Waals surface area (Å²) in [7, 11) is 1.37. The maximum absolute atomic E-state index is 10.8. The summed E-state index contributed by atoms with van der Waals surface area (Å²) in [4.78, 5) is 14.9. The summed E-state index contributed by atoms with van der Waals surface area (Å²) in [5.74, 6) is 0.460. The first-order valence-corrected chi connectivity index (χ1v) is 5.11. The highest BCUT2D eigenvalue weighted by atomic mass is 16.5. The van der Waals surface area contributed by atoms with Crippen molar-refractivity contribution in [3.8, 4) is 5.75 Å². The van der Waals surface area contributed by atoms with Crippen LogP contribution in [0.5, 0.6) is 5.75 Å². The Morgan fingerprint density at radius 2 is 2.31 bits per heavy atom. The molecule has 0 aliphatic heterocycles. The number of esters is 1. The second-order valence-corrected chi connectivity index (χ2v) is 3.22. The highest BCUT2D eigenvalue weighted by molar-refractivity contribution is 5.68. The number of nitrogens with two attached hydrogens (primary N) is 1. The van der Waals surface area contributed by atoms with E-state index < -0.39 is 0 Å². The quantitative estimate of drug-likeness (QED) is 0.573. The van der Waals surface area contributed by atoms with Gasteiger partial charge in [-0.3, -0.25) is 9.78 Å². The molecule has 0 saturated carbocycles. The van der Waals surface area contributed by atoms with Gasteiger partial charge >= 0.3 is 5.97 Å². The van der Waals surface area contributed by atoms with E-state index in [4.69, 9.17) is 10.5 Å². The molecule has 1 rings (SSSR count). The highest BCUT2D eigenvalue weighted by Crippen LogP contribution is 2.09. The van der Waals surface area contributed by atoms with Gasteiger partial charge in [-0.05, 0) is 18.6 Å². The maximum atomic E-state index is 10.8. The zero-order valence-electron chi connectivity index (χ0n) is 9.31. The van der Waals surface area contributed by atoms with E-state index in [0.29, 0.717) is 31.7 Å². The normalized spacial score (nSPS) is 9.88. The van der Waals surface area contributed by atoms with Crippen molar-refractivity contribution in [1.29, 1.82) is 0 Å². The summed E-state index contributed by atoms with van der Waals surface area (Å²) < 4.78 is 9.90. The van der Waals surface area contributed by atoms with E-state index in [2.05, 4.69) is 9.72 Å². The van der Waals surface area contributed by atoms with Gasteiger partial charge in [-0.15, -0.1) is 0 Å². The number of rotatable bonds is 6. The van der Waals surface area contributed by atoms with Crippen LogP contribution in [0.15, 0.2) is 18.3 Å². The van der Waals surface area contributed by atoms with Crippen LogP contribution < -0.4 is 10.5 Å². The van der Waals surface area contributed by atoms with Crippen LogP contribution in [0, 0.1) is 0 Å². The molecule has 0 bridgehead atoms. The predicted molar refractivity (Wildman–Crippen MR) is 58.9 cm³/mol. The molecule has 5 nitrogen and oxygen atoms in total. The van der Waals surface area contributed by atoms with E-state index in [1.54, 1.807) is 6.20 Å². The molecule has 0 aliphatic rings. The smallest absolute Gasteiger partial charge is 0.305 e. The molecule has 0 aromatic carbocycles. The minimum atomic E-state index is -0.222. The van der Waals surface area contributed by atoms with Gasteiger partial charge in [0.2, 0.25) is 0 Å². The molecule has 88 valence electrons. The Kier molecular flexibility index (Phi) is 5.28. The maximum Gasteiger partial charge on any atom is 0.305 e. The molecule has 16 heavy (non-hydrogen) atoms. The first-order chi connectivity index (χ1) is 7.76. The minimum Gasteiger partial charge on any atom is -0.492 e. The van der Waals surface area contributed by atoms with Crippen LogP contribution in [-0.2, 0) is 16.1 Å². The number of methoxy groups -OCH3 is 1. The van der Waals surface area contributed by atoms with Crippen molar-refractivity contribution in [1.82, 2.24) is 4.98 Å². The van der Waals surface area contributed by atoms with Crippen LogP contribution in [0.2, 0.25) is 0 Å². The fourth-order valence-electron chi connectivity index (χ4n) is 1.13. The number of aromatic nitrogens is 1. The summed E-state index contributed by atoms with van der Waals surface area (Å²) >= 11 is 0. The van der Waals surface area contributed by atoms with Gasteiger partial charge in [0.15, 0.2) is 0 Å². The molecule has 0 aliphatic carbocycles. The molecular weight excluding hydrogens is 208 g/mol. The van der Waals surface area contributed by atoms with Gasteiger partial charge in [0.05, 0.1) is 25.6 Å². The van der Waals surface area contributed by atoms with Gasteiger partial charge in [-0.25, -0.2) is 0 Å². The monoisotopic (exact) mass is 224 g/mol. The van der Waals surface area contributed by atoms with Crippen molar-refractivity contribution in [3.05, 3.63) is 24.0 Å². The molecule has 0 unspecified atom stereocenters. The molecule has 0 fully saturated rings. The van der Waals surface area contributed by atoms with Crippen molar-refractivity contribution in [3.63, 3.8) is 0 Å². The Bertz CT molecular complexity index is 325. The lowest BCUT2D eigenvalue weighted by molar-refractivity contribution is -0.140. The number of carbonyl (C=O) groups is 1. The standard InChI is InChI=1S/C11H16N2O3/c1-15-11(14)3-2-6-16-10-5-4-9(7-12)13-8-10/h4-5,8H,2-3,6-7,12H2,1H3. The highest BCUT2D eigenvalue weighted by Gasteiger charge is 2.00. The Balaban J connectivity index is 2.24. The Hall–Kier alpha value is -1.62. The van der Waals surface area contributed by atoms with Crippen molar-refractivity contribution in [2.24, 2.45) is 5.73 Å². The van der Waals surface area contributed by atoms with E-state index >= 15 is 0 Å². The predicted octanol–water partition coefficient (Wildman–Crippen LogP) is 0.872. The number of hydrogen-bond donors (Lipinski definition) is 1. The minimum absolute atomic E-state index is 0.222. The van der Waals surface area contributed by atoms with Crippen LogP contribution in [0.1, 0.15) is 18.5 Å². The molecule has 1 heterocycles. The molecule has 2 N–H and O–H groups in total. The van der Waals surface area contributed by atoms with Crippen LogP contribution in [-0.4, -0.2) is 24.7 Å². The first kappa shape index (κ1) is 12.4. The van der Waals surface area contributed by atoms with Gasteiger partial charge in [0.25, 0.3) is 0 Å². The third-order valence-corrected chi connectivity index (χ3v) is 2.03. The molecule has 0 radical (unpaired) electrons. The zero-order chi connectivity index (χ0) is 11.8. The third-order valence-electron chi connectivity index (χ3n) is 2.03. The molecule has 5 heteroatoms. The fraction of sp³-hybridized carbons (Fsp3) is 0.455. The third kappa shape index (κ3) is 4.27. The number of pyridine rings is 1. The van der Waals surface area contributed by atoms with Crippen LogP contribution in [0.3, 0.4) is 0 Å². The van der Waals surface area contributed by atoms with Gasteiger partial charge in [0, 0.05) is 13.0 Å². The van der Waals surface area contributed by atoms with Crippen LogP contribution in [0.4, 0.5) is 0 Å². The molecule has 0 saturated heterocycles. The number of ether oxygens (including phenoxy) is 2. The van der Waals surface area contributed by atoms with Crippen molar-refractivity contribution < 1.29 is 14.3 Å². The largest absolute Gasteiger partial charge is 0.492 e. The lowest BCUT2D eigenvalue weighted by atomic mass is 10.3. The Morgan fingerprint density at radius 1 is 1.50 bits per heavy atom. The number of carbonyl (C=O) groups excluding carboxylic acids is 1. The topological polar surface area (TPSA) is 74.4 Å². The summed E-state index contributed by atoms with van der Waals surface area (Å²) in [5, 5.41) is 0. The molecule has 0 spiro atoms. The molecular formula is C11H16N2O3. The van der Waals surface area contributed by atoms with E-state index in [0.717, 1.165) is 5.69 Å². The zero-order valence-corrected chi connectivity index (χ0v) is 9.31. The molecule has 0 atom stereocenters. The number of nitrogens with zero attached hydrogens (tertiary/aromatic N) is 1. The van der Waals surface area contributed by atoms with Crippen LogP contribution in [0.25, 0.3) is 0 Å². The van der Waals surface area contributed by atoms with Crippen LogP contribution >= 0.6 is 0 Å². The Labute approximate surface area is 94.6 Å². The summed E-state index contributed by atoms with van der Waals surface area (Å²) in [6.45, 7) is 0.890. The molecule has 1 aromatic heterocycles. The van der Waals surface area contributed by atoms with E-state index in [1.165, 1.54) is 7.11 Å². The van der Waals surface area contributed by atoms with E-state index in [9.17, 15) is 4.79 Å². The second-order valence-electron chi connectivity index (χ2n) is 3.22. The average Bonchev–Trinajstić information content (AvgIpc) is 2.35. The number of hydrogen-bond acceptors (Lipinski definition) is 5. The average molecular weight is 224 g/mol. The Morgan fingerprint density at radius 3 is 2.88 bits per heavy atom. The van der Waals surface area contributed by atoms with E-state index in [1.807, 2.05) is 12.1 Å². The summed E-state index contributed by atoms with van der Waals surface area (Å²) in [5.41, 5.74) is 6.24. The SMILES string of the molecule is COC(=O)CCCOc1ccc(CN)nc1. The van der Waals surface area contributed by atoms with Crippen molar-refractivity contribution >= 4 is 5.97 Å². The lowest BCUT2D eigenvalue weighted by Gasteiger charge is -2.05. The molecule has 1 aromatic rings. The van der Waals surface area contributed by atoms with E-state index in [-0.39, 0.29) is 5.97 Å². The summed E-state index contributed by atoms with van der Waals surface area (Å²) in [6.07, 6.45) is 2.62. The van der Waals surface area contributed by atoms with Crippen molar-refractivity contribution in [2.75, 3.05) is 13.7 Å². The molecule has 0 amide bonds. The fourth-order valence-corrected chi connectivity index (χ4v) is 1.13. The van der Waals surface area contributed by atoms with Crippen molar-refractivity contribution in [2.45, 2.75) is 19.4 Å². The lowest BCUT2D eigenvalue weighted by Crippen LogP contribution is -2.05. The van der Waals surface area contributed by atoms with Gasteiger partial charge in [-0.1, -0.05) is 0 Å². The van der Waals surface area contributed by atoms with Gasteiger partial charge in [0.1, 0.15) is 5.75 Å². The second kappa shape index (κ2) is 6.79. The van der Waals surface area contributed by atoms with Gasteiger partial charge < -0.3 is 15.2 Å².